The summed E-state index contributed by atoms with van der Waals surface area (Å²) < 4.78 is 12.6. The van der Waals surface area contributed by atoms with Gasteiger partial charge in [0.15, 0.2) is 0 Å². The van der Waals surface area contributed by atoms with Crippen LogP contribution in [0.1, 0.15) is 57.5 Å². The van der Waals surface area contributed by atoms with Crippen molar-refractivity contribution >= 4 is 56.0 Å². The van der Waals surface area contributed by atoms with Crippen LogP contribution in [0.25, 0.3) is 12.2 Å². The Labute approximate surface area is 288 Å². The summed E-state index contributed by atoms with van der Waals surface area (Å²) in [4.78, 5) is 23.8. The molecule has 2 saturated carbocycles. The van der Waals surface area contributed by atoms with Crippen molar-refractivity contribution in [2.45, 2.75) is 25.7 Å². The second kappa shape index (κ2) is 17.3. The Morgan fingerprint density at radius 2 is 0.935 bits per heavy atom. The largest absolute Gasteiger partial charge is 0.462 e. The van der Waals surface area contributed by atoms with Gasteiger partial charge in [0.05, 0.1) is 24.3 Å². The van der Waals surface area contributed by atoms with Crippen LogP contribution < -0.4 is 0 Å². The molecule has 2 aliphatic carbocycles. The van der Waals surface area contributed by atoms with Crippen LogP contribution in [-0.2, 0) is 9.47 Å². The summed E-state index contributed by atoms with van der Waals surface area (Å²) in [6, 6.07) is 35.1. The Morgan fingerprint density at radius 3 is 1.30 bits per heavy atom. The van der Waals surface area contributed by atoms with E-state index in [1.165, 1.54) is 24.0 Å². The van der Waals surface area contributed by atoms with E-state index in [-0.39, 0.29) is 11.9 Å². The van der Waals surface area contributed by atoms with Crippen molar-refractivity contribution in [3.63, 3.8) is 0 Å². The van der Waals surface area contributed by atoms with E-state index in [9.17, 15) is 9.59 Å². The smallest absolute Gasteiger partial charge is 0.338 e. The van der Waals surface area contributed by atoms with Crippen molar-refractivity contribution in [2.75, 3.05) is 13.2 Å². The van der Waals surface area contributed by atoms with Gasteiger partial charge < -0.3 is 9.47 Å². The lowest BCUT2D eigenvalue weighted by Crippen LogP contribution is -2.06. The number of ether oxygens (including phenoxy) is 2. The number of halogens is 2. The topological polar surface area (TPSA) is 52.6 Å². The van der Waals surface area contributed by atoms with Crippen LogP contribution in [0.3, 0.4) is 0 Å². The molecule has 4 atom stereocenters. The third kappa shape index (κ3) is 11.3. The highest BCUT2D eigenvalue weighted by Gasteiger charge is 2.35. The zero-order chi connectivity index (χ0) is 32.1. The Hall–Kier alpha value is -3.74. The lowest BCUT2D eigenvalue weighted by Gasteiger charge is -2.04. The Morgan fingerprint density at radius 1 is 0.565 bits per heavy atom. The molecule has 0 heterocycles. The van der Waals surface area contributed by atoms with E-state index in [4.69, 9.17) is 9.47 Å². The molecule has 0 bridgehead atoms. The van der Waals surface area contributed by atoms with Gasteiger partial charge in [-0.05, 0) is 109 Å². The summed E-state index contributed by atoms with van der Waals surface area (Å²) in [5.41, 5.74) is 3.67. The first-order valence-electron chi connectivity index (χ1n) is 15.8. The maximum atomic E-state index is 11.9. The van der Waals surface area contributed by atoms with Gasteiger partial charge in [0.25, 0.3) is 0 Å². The SMILES string of the molecule is O=C(OCC[C@@H]1C[C@H]1/C=C/c1ccccc1)c1ccc(Br)cc1.O=C(OCC[C@@H]1C[C@H]1/C=C/c1ccccc1)c1ccc(Br)cc1. The second-order valence-electron chi connectivity index (χ2n) is 11.7. The van der Waals surface area contributed by atoms with E-state index >= 15 is 0 Å². The van der Waals surface area contributed by atoms with Crippen LogP contribution >= 0.6 is 31.9 Å². The van der Waals surface area contributed by atoms with Crippen molar-refractivity contribution in [1.29, 1.82) is 0 Å². The van der Waals surface area contributed by atoms with Crippen LogP contribution in [-0.4, -0.2) is 25.2 Å². The first-order chi connectivity index (χ1) is 22.4. The number of hydrogen-bond acceptors (Lipinski definition) is 4. The molecule has 4 aromatic rings. The molecule has 2 fully saturated rings. The Balaban J connectivity index is 0.000000181. The summed E-state index contributed by atoms with van der Waals surface area (Å²) >= 11 is 6.71. The summed E-state index contributed by atoms with van der Waals surface area (Å²) in [6.45, 7) is 0.991. The van der Waals surface area contributed by atoms with E-state index in [2.05, 4.69) is 80.4 Å². The van der Waals surface area contributed by atoms with E-state index in [0.717, 1.165) is 21.8 Å². The molecule has 46 heavy (non-hydrogen) atoms. The molecule has 0 saturated heterocycles. The minimum absolute atomic E-state index is 0.241. The van der Waals surface area contributed by atoms with Gasteiger partial charge in [-0.25, -0.2) is 9.59 Å². The number of allylic oxidation sites excluding steroid dienone is 2. The molecule has 0 radical (unpaired) electrons. The minimum atomic E-state index is -0.241. The lowest BCUT2D eigenvalue weighted by molar-refractivity contribution is 0.0484. The second-order valence-corrected chi connectivity index (χ2v) is 13.6. The molecular weight excluding hydrogens is 704 g/mol. The van der Waals surface area contributed by atoms with Crippen LogP contribution in [0, 0.1) is 23.7 Å². The highest BCUT2D eigenvalue weighted by atomic mass is 79.9. The summed E-state index contributed by atoms with van der Waals surface area (Å²) in [5, 5.41) is 0. The van der Waals surface area contributed by atoms with Crippen molar-refractivity contribution in [3.05, 3.63) is 153 Å². The van der Waals surface area contributed by atoms with E-state index < -0.39 is 0 Å². The molecule has 0 aromatic heterocycles. The van der Waals surface area contributed by atoms with E-state index in [1.54, 1.807) is 24.3 Å². The minimum Gasteiger partial charge on any atom is -0.462 e. The van der Waals surface area contributed by atoms with Gasteiger partial charge in [0.2, 0.25) is 0 Å². The Kier molecular flexibility index (Phi) is 12.6. The molecular formula is C40H38Br2O4. The van der Waals surface area contributed by atoms with Crippen molar-refractivity contribution in [3.8, 4) is 0 Å². The number of benzene rings is 4. The molecule has 0 spiro atoms. The third-order valence-electron chi connectivity index (χ3n) is 8.23. The van der Waals surface area contributed by atoms with Crippen molar-refractivity contribution in [2.24, 2.45) is 23.7 Å². The molecule has 0 N–H and O–H groups in total. The van der Waals surface area contributed by atoms with Gasteiger partial charge in [-0.3, -0.25) is 0 Å². The molecule has 0 amide bonds. The third-order valence-corrected chi connectivity index (χ3v) is 9.29. The van der Waals surface area contributed by atoms with Crippen LogP contribution in [0.15, 0.2) is 130 Å². The molecule has 0 aliphatic heterocycles. The zero-order valence-corrected chi connectivity index (χ0v) is 28.8. The van der Waals surface area contributed by atoms with Gasteiger partial charge >= 0.3 is 11.9 Å². The monoisotopic (exact) mass is 740 g/mol. The first kappa shape index (κ1) is 33.6. The standard InChI is InChI=1S/2C20H19BrO2/c2*21-19-10-8-16(9-11-19)20(22)23-13-12-18-14-17(18)7-6-15-4-2-1-3-5-15/h2*1-11,17-18H,12-14H2/b2*7-6+/t2*17-,18-/m11/s1. The fourth-order valence-electron chi connectivity index (χ4n) is 5.22. The van der Waals surface area contributed by atoms with Gasteiger partial charge in [-0.2, -0.15) is 0 Å². The highest BCUT2D eigenvalue weighted by Crippen LogP contribution is 2.43. The normalized spacial score (nSPS) is 19.7. The van der Waals surface area contributed by atoms with Crippen LogP contribution in [0.4, 0.5) is 0 Å². The highest BCUT2D eigenvalue weighted by molar-refractivity contribution is 9.10. The average Bonchev–Trinajstić information content (AvgIpc) is 4.02. The van der Waals surface area contributed by atoms with Gasteiger partial charge in [-0.1, -0.05) is 117 Å². The molecule has 6 heteroatoms. The quantitative estimate of drug-likeness (QED) is 0.136. The lowest BCUT2D eigenvalue weighted by atomic mass is 10.1. The molecule has 236 valence electrons. The van der Waals surface area contributed by atoms with Gasteiger partial charge in [-0.15, -0.1) is 0 Å². The van der Waals surface area contributed by atoms with Crippen LogP contribution in [0.5, 0.6) is 0 Å². The van der Waals surface area contributed by atoms with Gasteiger partial charge in [0, 0.05) is 8.95 Å². The van der Waals surface area contributed by atoms with Crippen molar-refractivity contribution < 1.29 is 19.1 Å². The van der Waals surface area contributed by atoms with Crippen LogP contribution in [0.2, 0.25) is 0 Å². The average molecular weight is 743 g/mol. The molecule has 4 nitrogen and oxygen atoms in total. The van der Waals surface area contributed by atoms with Crippen molar-refractivity contribution in [1.82, 2.24) is 0 Å². The fourth-order valence-corrected chi connectivity index (χ4v) is 5.75. The van der Waals surface area contributed by atoms with E-state index in [0.29, 0.717) is 48.0 Å². The number of hydrogen-bond donors (Lipinski definition) is 0. The predicted molar refractivity (Wildman–Crippen MR) is 192 cm³/mol. The number of carbonyl (C=O) groups is 2. The maximum absolute atomic E-state index is 11.9. The molecule has 4 aromatic carbocycles. The first-order valence-corrected chi connectivity index (χ1v) is 17.3. The van der Waals surface area contributed by atoms with Gasteiger partial charge in [0.1, 0.15) is 0 Å². The summed E-state index contributed by atoms with van der Waals surface area (Å²) in [5.74, 6) is 2.06. The zero-order valence-electron chi connectivity index (χ0n) is 25.6. The fraction of sp³-hybridized carbons (Fsp3) is 0.250. The number of rotatable bonds is 12. The maximum Gasteiger partial charge on any atom is 0.338 e. The van der Waals surface area contributed by atoms with E-state index in [1.807, 2.05) is 60.7 Å². The predicted octanol–water partition coefficient (Wildman–Crippen LogP) is 10.7. The number of esters is 2. The summed E-state index contributed by atoms with van der Waals surface area (Å²) in [6.07, 6.45) is 13.2. The molecule has 6 rings (SSSR count). The Bertz CT molecular complexity index is 1480. The number of carbonyl (C=O) groups excluding carboxylic acids is 2. The molecule has 0 unspecified atom stereocenters. The summed E-state index contributed by atoms with van der Waals surface area (Å²) in [7, 11) is 0. The molecule has 2 aliphatic rings.